The van der Waals surface area contributed by atoms with Gasteiger partial charge in [0.15, 0.2) is 0 Å². The summed E-state index contributed by atoms with van der Waals surface area (Å²) in [4.78, 5) is 0.902. The van der Waals surface area contributed by atoms with E-state index in [1.807, 2.05) is 50.2 Å². The normalized spacial score (nSPS) is 10.4. The molecule has 0 aromatic heterocycles. The number of phenolic OH excluding ortho intramolecular Hbond substituents is 1. The van der Waals surface area contributed by atoms with Gasteiger partial charge in [-0.25, -0.2) is 0 Å². The third kappa shape index (κ3) is 1.81. The van der Waals surface area contributed by atoms with Crippen LogP contribution < -0.4 is 0 Å². The molecule has 0 aliphatic heterocycles. The Balaban J connectivity index is 2.71. The topological polar surface area (TPSA) is 20.2 Å². The van der Waals surface area contributed by atoms with Crippen LogP contribution in [0.1, 0.15) is 11.1 Å². The monoisotopic (exact) mass is 230 g/mol. The first-order valence-electron chi connectivity index (χ1n) is 5.19. The second-order valence-electron chi connectivity index (χ2n) is 3.93. The molecule has 0 unspecified atom stereocenters. The molecule has 0 radical (unpaired) electrons. The molecule has 0 aliphatic rings. The molecule has 0 amide bonds. The van der Waals surface area contributed by atoms with Crippen molar-refractivity contribution in [2.45, 2.75) is 18.7 Å². The van der Waals surface area contributed by atoms with Crippen molar-refractivity contribution in [3.05, 3.63) is 47.5 Å². The molecule has 0 saturated heterocycles. The predicted molar refractivity (Wildman–Crippen MR) is 70.3 cm³/mol. The number of hydrogen-bond donors (Lipinski definition) is 2. The van der Waals surface area contributed by atoms with E-state index in [0.717, 1.165) is 27.1 Å². The van der Waals surface area contributed by atoms with Crippen LogP contribution in [0, 0.1) is 13.8 Å². The van der Waals surface area contributed by atoms with Crippen LogP contribution in [0.4, 0.5) is 0 Å². The van der Waals surface area contributed by atoms with E-state index >= 15 is 0 Å². The zero-order valence-electron chi connectivity index (χ0n) is 9.36. The van der Waals surface area contributed by atoms with Crippen LogP contribution in [0.25, 0.3) is 11.1 Å². The Morgan fingerprint density at radius 2 is 1.69 bits per heavy atom. The molecule has 0 saturated carbocycles. The Bertz CT molecular complexity index is 518. The van der Waals surface area contributed by atoms with Crippen molar-refractivity contribution in [1.29, 1.82) is 0 Å². The van der Waals surface area contributed by atoms with Gasteiger partial charge in [0.05, 0.1) is 0 Å². The lowest BCUT2D eigenvalue weighted by molar-refractivity contribution is 0.466. The quantitative estimate of drug-likeness (QED) is 0.710. The fraction of sp³-hybridized carbons (Fsp3) is 0.143. The number of aryl methyl sites for hydroxylation is 1. The second kappa shape index (κ2) is 4.22. The van der Waals surface area contributed by atoms with Crippen molar-refractivity contribution in [3.63, 3.8) is 0 Å². The van der Waals surface area contributed by atoms with Crippen molar-refractivity contribution >= 4 is 12.6 Å². The molecule has 1 N–H and O–H groups in total. The van der Waals surface area contributed by atoms with Gasteiger partial charge in [-0.1, -0.05) is 30.3 Å². The van der Waals surface area contributed by atoms with Gasteiger partial charge in [0.25, 0.3) is 0 Å². The van der Waals surface area contributed by atoms with Gasteiger partial charge in [0.2, 0.25) is 0 Å². The maximum Gasteiger partial charge on any atom is 0.122 e. The molecule has 16 heavy (non-hydrogen) atoms. The van der Waals surface area contributed by atoms with Crippen LogP contribution in [-0.2, 0) is 0 Å². The first-order chi connectivity index (χ1) is 7.61. The summed E-state index contributed by atoms with van der Waals surface area (Å²) in [6.07, 6.45) is 0. The van der Waals surface area contributed by atoms with Crippen molar-refractivity contribution in [3.8, 4) is 16.9 Å². The molecule has 0 atom stereocenters. The molecule has 2 heteroatoms. The molecule has 0 heterocycles. The highest BCUT2D eigenvalue weighted by Crippen LogP contribution is 2.36. The molecule has 0 aliphatic carbocycles. The Kier molecular flexibility index (Phi) is 2.92. The molecule has 0 bridgehead atoms. The van der Waals surface area contributed by atoms with Crippen molar-refractivity contribution in [2.24, 2.45) is 0 Å². The van der Waals surface area contributed by atoms with E-state index in [4.69, 9.17) is 0 Å². The Hall–Kier alpha value is -1.41. The Labute approximate surface area is 101 Å². The summed E-state index contributed by atoms with van der Waals surface area (Å²) in [5.41, 5.74) is 3.84. The molecule has 0 spiro atoms. The average Bonchev–Trinajstić information content (AvgIpc) is 2.28. The molecular formula is C14H14OS. The third-order valence-electron chi connectivity index (χ3n) is 2.78. The molecule has 2 rings (SSSR count). The first-order valence-corrected chi connectivity index (χ1v) is 5.63. The standard InChI is InChI=1S/C14H14OS/c1-9-8-12(16)13(10(2)14(9)15)11-6-4-3-5-7-11/h3-8,15-16H,1-2H3. The number of hydrogen-bond acceptors (Lipinski definition) is 2. The van der Waals surface area contributed by atoms with Gasteiger partial charge in [-0.3, -0.25) is 0 Å². The van der Waals surface area contributed by atoms with E-state index in [9.17, 15) is 5.11 Å². The lowest BCUT2D eigenvalue weighted by atomic mass is 9.97. The van der Waals surface area contributed by atoms with E-state index < -0.39 is 0 Å². The Morgan fingerprint density at radius 3 is 2.31 bits per heavy atom. The molecule has 2 aromatic carbocycles. The second-order valence-corrected chi connectivity index (χ2v) is 4.41. The van der Waals surface area contributed by atoms with Crippen LogP contribution in [0.5, 0.6) is 5.75 Å². The lowest BCUT2D eigenvalue weighted by Crippen LogP contribution is -1.89. The van der Waals surface area contributed by atoms with E-state index in [-0.39, 0.29) is 0 Å². The van der Waals surface area contributed by atoms with Crippen molar-refractivity contribution < 1.29 is 5.11 Å². The van der Waals surface area contributed by atoms with Gasteiger partial charge in [0.1, 0.15) is 5.75 Å². The molecular weight excluding hydrogens is 216 g/mol. The predicted octanol–water partition coefficient (Wildman–Crippen LogP) is 3.96. The fourth-order valence-electron chi connectivity index (χ4n) is 1.92. The smallest absolute Gasteiger partial charge is 0.122 e. The van der Waals surface area contributed by atoms with Crippen molar-refractivity contribution in [2.75, 3.05) is 0 Å². The van der Waals surface area contributed by atoms with Crippen LogP contribution in [0.15, 0.2) is 41.3 Å². The summed E-state index contributed by atoms with van der Waals surface area (Å²) in [6.45, 7) is 3.81. The van der Waals surface area contributed by atoms with Crippen LogP contribution in [0.3, 0.4) is 0 Å². The minimum atomic E-state index is 0.358. The summed E-state index contributed by atoms with van der Waals surface area (Å²) in [7, 11) is 0. The molecule has 82 valence electrons. The van der Waals surface area contributed by atoms with E-state index in [1.54, 1.807) is 0 Å². The lowest BCUT2D eigenvalue weighted by Gasteiger charge is -2.13. The summed E-state index contributed by atoms with van der Waals surface area (Å²) in [5.74, 6) is 0.358. The summed E-state index contributed by atoms with van der Waals surface area (Å²) in [6, 6.07) is 11.9. The molecule has 1 nitrogen and oxygen atoms in total. The summed E-state index contributed by atoms with van der Waals surface area (Å²) in [5, 5.41) is 9.94. The van der Waals surface area contributed by atoms with Crippen LogP contribution in [0.2, 0.25) is 0 Å². The first kappa shape index (κ1) is 11.1. The van der Waals surface area contributed by atoms with Gasteiger partial charge in [-0.05, 0) is 36.6 Å². The summed E-state index contributed by atoms with van der Waals surface area (Å²) < 4.78 is 0. The zero-order valence-corrected chi connectivity index (χ0v) is 10.3. The van der Waals surface area contributed by atoms with E-state index in [2.05, 4.69) is 12.6 Å². The maximum absolute atomic E-state index is 9.94. The minimum absolute atomic E-state index is 0.358. The third-order valence-corrected chi connectivity index (χ3v) is 3.13. The Morgan fingerprint density at radius 1 is 1.06 bits per heavy atom. The van der Waals surface area contributed by atoms with Gasteiger partial charge in [-0.2, -0.15) is 0 Å². The number of aromatic hydroxyl groups is 1. The summed E-state index contributed by atoms with van der Waals surface area (Å²) >= 11 is 4.48. The number of thiol groups is 1. The number of rotatable bonds is 1. The van der Waals surface area contributed by atoms with Crippen LogP contribution in [-0.4, -0.2) is 5.11 Å². The van der Waals surface area contributed by atoms with Crippen LogP contribution >= 0.6 is 12.6 Å². The zero-order chi connectivity index (χ0) is 11.7. The number of benzene rings is 2. The highest BCUT2D eigenvalue weighted by atomic mass is 32.1. The van der Waals surface area contributed by atoms with E-state index in [0.29, 0.717) is 5.75 Å². The maximum atomic E-state index is 9.94. The highest BCUT2D eigenvalue weighted by molar-refractivity contribution is 7.80. The highest BCUT2D eigenvalue weighted by Gasteiger charge is 2.11. The molecule has 2 aromatic rings. The van der Waals surface area contributed by atoms with Gasteiger partial charge >= 0.3 is 0 Å². The largest absolute Gasteiger partial charge is 0.507 e. The SMILES string of the molecule is Cc1cc(S)c(-c2ccccc2)c(C)c1O. The van der Waals surface area contributed by atoms with E-state index in [1.165, 1.54) is 0 Å². The minimum Gasteiger partial charge on any atom is -0.507 e. The number of phenols is 1. The average molecular weight is 230 g/mol. The van der Waals surface area contributed by atoms with Gasteiger partial charge in [0, 0.05) is 10.5 Å². The van der Waals surface area contributed by atoms with Crippen molar-refractivity contribution in [1.82, 2.24) is 0 Å². The molecule has 0 fully saturated rings. The van der Waals surface area contributed by atoms with Gasteiger partial charge in [-0.15, -0.1) is 12.6 Å². The van der Waals surface area contributed by atoms with Gasteiger partial charge < -0.3 is 5.11 Å². The fourth-order valence-corrected chi connectivity index (χ4v) is 2.41.